The standard InChI is InChI=1S/C29H29Cl3F3N3O4S/c1-18(27(40)36-28(2,3)4)37(16-19-10-12-24(31)25(32)14-19)26(39)17-38(43(41,42)21-8-6-5-7-9-21)20-11-13-23(30)22(15-20)29(33,34)35/h5-15,18H,16-17H2,1-4H3,(H,36,40)/t18-/m1/s1. The van der Waals surface area contributed by atoms with Gasteiger partial charge in [-0.25, -0.2) is 8.42 Å². The molecule has 0 radical (unpaired) electrons. The third-order valence-electron chi connectivity index (χ3n) is 6.16. The van der Waals surface area contributed by atoms with Gasteiger partial charge in [0.05, 0.1) is 31.2 Å². The van der Waals surface area contributed by atoms with Crippen LogP contribution in [0.1, 0.15) is 38.8 Å². The molecule has 0 saturated heterocycles. The second-order valence-corrected chi connectivity index (χ2v) is 13.8. The van der Waals surface area contributed by atoms with Crippen LogP contribution >= 0.6 is 34.8 Å². The highest BCUT2D eigenvalue weighted by molar-refractivity contribution is 7.92. The van der Waals surface area contributed by atoms with Gasteiger partial charge in [-0.1, -0.05) is 59.1 Å². The van der Waals surface area contributed by atoms with Gasteiger partial charge in [-0.05, 0) is 75.7 Å². The molecule has 0 bridgehead atoms. The first kappa shape index (κ1) is 34.5. The number of halogens is 6. The minimum atomic E-state index is -4.90. The molecule has 0 aliphatic heterocycles. The molecule has 0 aromatic heterocycles. The molecule has 1 N–H and O–H groups in total. The highest BCUT2D eigenvalue weighted by atomic mass is 35.5. The molecule has 0 aliphatic carbocycles. The number of anilines is 1. The van der Waals surface area contributed by atoms with Gasteiger partial charge in [-0.15, -0.1) is 0 Å². The molecule has 3 aromatic carbocycles. The highest BCUT2D eigenvalue weighted by Gasteiger charge is 2.37. The molecule has 0 heterocycles. The Morgan fingerprint density at radius 2 is 1.49 bits per heavy atom. The van der Waals surface area contributed by atoms with Gasteiger partial charge in [0.2, 0.25) is 11.8 Å². The summed E-state index contributed by atoms with van der Waals surface area (Å²) in [5, 5.41) is 2.58. The Labute approximate surface area is 263 Å². The van der Waals surface area contributed by atoms with E-state index in [0.717, 1.165) is 17.0 Å². The van der Waals surface area contributed by atoms with Crippen molar-refractivity contribution >= 4 is 62.3 Å². The quantitative estimate of drug-likeness (QED) is 0.260. The zero-order valence-corrected chi connectivity index (χ0v) is 26.6. The molecule has 43 heavy (non-hydrogen) atoms. The third kappa shape index (κ3) is 8.78. The van der Waals surface area contributed by atoms with E-state index in [4.69, 9.17) is 34.8 Å². The predicted octanol–water partition coefficient (Wildman–Crippen LogP) is 7.19. The second-order valence-electron chi connectivity index (χ2n) is 10.7. The van der Waals surface area contributed by atoms with Gasteiger partial charge in [-0.3, -0.25) is 13.9 Å². The molecule has 232 valence electrons. The van der Waals surface area contributed by atoms with Crippen LogP contribution in [-0.4, -0.2) is 43.3 Å². The first-order valence-corrected chi connectivity index (χ1v) is 15.4. The van der Waals surface area contributed by atoms with Crippen LogP contribution in [0.25, 0.3) is 0 Å². The van der Waals surface area contributed by atoms with Crippen molar-refractivity contribution in [1.82, 2.24) is 10.2 Å². The molecular formula is C29H29Cl3F3N3O4S. The van der Waals surface area contributed by atoms with Crippen LogP contribution in [-0.2, 0) is 32.3 Å². The number of sulfonamides is 1. The zero-order chi connectivity index (χ0) is 32.3. The minimum Gasteiger partial charge on any atom is -0.350 e. The molecular weight excluding hydrogens is 650 g/mol. The molecule has 0 fully saturated rings. The lowest BCUT2D eigenvalue weighted by Gasteiger charge is -2.33. The van der Waals surface area contributed by atoms with Crippen LogP contribution in [0.5, 0.6) is 0 Å². The average molecular weight is 679 g/mol. The molecule has 0 saturated carbocycles. The van der Waals surface area contributed by atoms with E-state index in [9.17, 15) is 31.2 Å². The van der Waals surface area contributed by atoms with Crippen LogP contribution in [0.3, 0.4) is 0 Å². The van der Waals surface area contributed by atoms with Gasteiger partial charge in [-0.2, -0.15) is 13.2 Å². The Bertz CT molecular complexity index is 1600. The van der Waals surface area contributed by atoms with E-state index in [1.54, 1.807) is 32.9 Å². The van der Waals surface area contributed by atoms with Crippen LogP contribution in [0.15, 0.2) is 71.6 Å². The van der Waals surface area contributed by atoms with Crippen molar-refractivity contribution in [3.05, 3.63) is 92.9 Å². The fourth-order valence-corrected chi connectivity index (χ4v) is 6.00. The number of alkyl halides is 3. The summed E-state index contributed by atoms with van der Waals surface area (Å²) in [6, 6.07) is 12.9. The number of carbonyl (C=O) groups is 2. The van der Waals surface area contributed by atoms with E-state index in [2.05, 4.69) is 5.32 Å². The van der Waals surface area contributed by atoms with Gasteiger partial charge in [0.25, 0.3) is 10.0 Å². The summed E-state index contributed by atoms with van der Waals surface area (Å²) in [7, 11) is -4.58. The molecule has 2 amide bonds. The second kappa shape index (κ2) is 13.3. The first-order valence-electron chi connectivity index (χ1n) is 12.8. The maximum absolute atomic E-state index is 14.0. The van der Waals surface area contributed by atoms with Crippen molar-refractivity contribution in [3.8, 4) is 0 Å². The Morgan fingerprint density at radius 1 is 0.884 bits per heavy atom. The van der Waals surface area contributed by atoms with E-state index in [-0.39, 0.29) is 21.5 Å². The average Bonchev–Trinajstić information content (AvgIpc) is 2.91. The maximum Gasteiger partial charge on any atom is 0.417 e. The minimum absolute atomic E-state index is 0.187. The number of hydrogen-bond acceptors (Lipinski definition) is 4. The SMILES string of the molecule is C[C@H](C(=O)NC(C)(C)C)N(Cc1ccc(Cl)c(Cl)c1)C(=O)CN(c1ccc(Cl)c(C(F)(F)F)c1)S(=O)(=O)c1ccccc1. The van der Waals surface area contributed by atoms with Crippen molar-refractivity contribution < 1.29 is 31.2 Å². The normalized spacial score (nSPS) is 12.9. The van der Waals surface area contributed by atoms with E-state index in [0.29, 0.717) is 15.9 Å². The number of hydrogen-bond donors (Lipinski definition) is 1. The van der Waals surface area contributed by atoms with Gasteiger partial charge in [0, 0.05) is 12.1 Å². The van der Waals surface area contributed by atoms with E-state index >= 15 is 0 Å². The van der Waals surface area contributed by atoms with Crippen molar-refractivity contribution in [2.24, 2.45) is 0 Å². The van der Waals surface area contributed by atoms with Gasteiger partial charge >= 0.3 is 6.18 Å². The summed E-state index contributed by atoms with van der Waals surface area (Å²) in [4.78, 5) is 28.0. The Hall–Kier alpha value is -2.99. The Kier molecular flexibility index (Phi) is 10.7. The summed E-state index contributed by atoms with van der Waals surface area (Å²) in [5.41, 5.74) is -1.92. The molecule has 0 unspecified atom stereocenters. The smallest absolute Gasteiger partial charge is 0.350 e. The van der Waals surface area contributed by atoms with E-state index in [1.165, 1.54) is 43.3 Å². The molecule has 7 nitrogen and oxygen atoms in total. The molecule has 3 rings (SSSR count). The fraction of sp³-hybridized carbons (Fsp3) is 0.310. The topological polar surface area (TPSA) is 86.8 Å². The van der Waals surface area contributed by atoms with Crippen LogP contribution in [0.2, 0.25) is 15.1 Å². The van der Waals surface area contributed by atoms with Crippen molar-refractivity contribution in [2.75, 3.05) is 10.8 Å². The monoisotopic (exact) mass is 677 g/mol. The van der Waals surface area contributed by atoms with Crippen LogP contribution < -0.4 is 9.62 Å². The summed E-state index contributed by atoms with van der Waals surface area (Å²) in [5.74, 6) is -1.41. The molecule has 0 spiro atoms. The highest BCUT2D eigenvalue weighted by Crippen LogP contribution is 2.38. The third-order valence-corrected chi connectivity index (χ3v) is 9.01. The van der Waals surface area contributed by atoms with Crippen LogP contribution in [0, 0.1) is 0 Å². The van der Waals surface area contributed by atoms with Crippen molar-refractivity contribution in [2.45, 2.75) is 56.9 Å². The summed E-state index contributed by atoms with van der Waals surface area (Å²) >= 11 is 18.0. The molecule has 14 heteroatoms. The van der Waals surface area contributed by atoms with Crippen molar-refractivity contribution in [3.63, 3.8) is 0 Å². The molecule has 3 aromatic rings. The first-order chi connectivity index (χ1) is 19.8. The summed E-state index contributed by atoms with van der Waals surface area (Å²) < 4.78 is 69.4. The Balaban J connectivity index is 2.13. The van der Waals surface area contributed by atoms with E-state index < -0.39 is 62.4 Å². The Morgan fingerprint density at radius 3 is 2.05 bits per heavy atom. The number of amides is 2. The fourth-order valence-electron chi connectivity index (χ4n) is 4.03. The summed E-state index contributed by atoms with van der Waals surface area (Å²) in [6.45, 7) is 5.56. The lowest BCUT2D eigenvalue weighted by molar-refractivity contribution is -0.140. The van der Waals surface area contributed by atoms with Gasteiger partial charge in [0.15, 0.2) is 0 Å². The number of carbonyl (C=O) groups excluding carboxylic acids is 2. The van der Waals surface area contributed by atoms with Crippen molar-refractivity contribution in [1.29, 1.82) is 0 Å². The maximum atomic E-state index is 14.0. The lowest BCUT2D eigenvalue weighted by Crippen LogP contribution is -2.54. The van der Waals surface area contributed by atoms with Gasteiger partial charge in [0.1, 0.15) is 12.6 Å². The van der Waals surface area contributed by atoms with Crippen LogP contribution in [0.4, 0.5) is 18.9 Å². The largest absolute Gasteiger partial charge is 0.417 e. The van der Waals surface area contributed by atoms with Gasteiger partial charge < -0.3 is 10.2 Å². The predicted molar refractivity (Wildman–Crippen MR) is 162 cm³/mol. The number of nitrogens with zero attached hydrogens (tertiary/aromatic N) is 2. The molecule has 1 atom stereocenters. The number of benzene rings is 3. The molecule has 0 aliphatic rings. The number of nitrogens with one attached hydrogen (secondary N) is 1. The summed E-state index contributed by atoms with van der Waals surface area (Å²) in [6.07, 6.45) is -4.90. The number of rotatable bonds is 9. The lowest BCUT2D eigenvalue weighted by atomic mass is 10.1. The van der Waals surface area contributed by atoms with E-state index in [1.807, 2.05) is 0 Å². The zero-order valence-electron chi connectivity index (χ0n) is 23.5.